The third kappa shape index (κ3) is 5.54. The Morgan fingerprint density at radius 1 is 1.03 bits per heavy atom. The first-order valence-electron chi connectivity index (χ1n) is 13.4. The van der Waals surface area contributed by atoms with Crippen molar-refractivity contribution in [3.05, 3.63) is 41.2 Å². The molecule has 2 atom stereocenters. The molecule has 39 heavy (non-hydrogen) atoms. The highest BCUT2D eigenvalue weighted by Crippen LogP contribution is 2.44. The molecular formula is C28H38N4O7. The Labute approximate surface area is 228 Å². The van der Waals surface area contributed by atoms with Crippen LogP contribution in [0.1, 0.15) is 71.6 Å². The van der Waals surface area contributed by atoms with Gasteiger partial charge in [-0.1, -0.05) is 6.42 Å². The maximum atomic E-state index is 13.8. The molecule has 2 amide bonds. The minimum Gasteiger partial charge on any atom is -0.505 e. The monoisotopic (exact) mass is 542 g/mol. The van der Waals surface area contributed by atoms with Crippen LogP contribution in [0.15, 0.2) is 24.3 Å². The number of aromatic hydroxyl groups is 1. The van der Waals surface area contributed by atoms with Crippen LogP contribution in [0, 0.1) is 0 Å². The maximum absolute atomic E-state index is 13.8. The van der Waals surface area contributed by atoms with E-state index < -0.39 is 29.8 Å². The fraction of sp³-hybridized carbons (Fsp3) is 0.536. The van der Waals surface area contributed by atoms with E-state index in [0.717, 1.165) is 25.9 Å². The van der Waals surface area contributed by atoms with Gasteiger partial charge >= 0.3 is 12.1 Å². The summed E-state index contributed by atoms with van der Waals surface area (Å²) >= 11 is 0. The average Bonchev–Trinajstić information content (AvgIpc) is 3.25. The lowest BCUT2D eigenvalue weighted by Crippen LogP contribution is -2.49. The summed E-state index contributed by atoms with van der Waals surface area (Å²) in [5.41, 5.74) is 0.362. The summed E-state index contributed by atoms with van der Waals surface area (Å²) in [5.74, 6) is -1.15. The minimum atomic E-state index is -1.14. The van der Waals surface area contributed by atoms with E-state index in [0.29, 0.717) is 24.3 Å². The number of benzene rings is 1. The van der Waals surface area contributed by atoms with Crippen LogP contribution in [-0.2, 0) is 4.74 Å². The van der Waals surface area contributed by atoms with Crippen LogP contribution in [-0.4, -0.2) is 101 Å². The highest BCUT2D eigenvalue weighted by molar-refractivity contribution is 6.01. The van der Waals surface area contributed by atoms with Gasteiger partial charge in [0.25, 0.3) is 5.91 Å². The van der Waals surface area contributed by atoms with Crippen LogP contribution in [0.2, 0.25) is 0 Å². The lowest BCUT2D eigenvalue weighted by atomic mass is 9.89. The topological polar surface area (TPSA) is 125 Å². The zero-order chi connectivity index (χ0) is 28.3. The lowest BCUT2D eigenvalue weighted by molar-refractivity contribution is 0.0510. The number of hydrogen-bond donors (Lipinski definition) is 2. The molecule has 1 aromatic carbocycles. The number of hydrogen-bond acceptors (Lipinski definition) is 7. The van der Waals surface area contributed by atoms with Gasteiger partial charge in [0.2, 0.25) is 0 Å². The van der Waals surface area contributed by atoms with E-state index in [1.165, 1.54) is 27.9 Å². The van der Waals surface area contributed by atoms with Gasteiger partial charge in [-0.05, 0) is 70.0 Å². The van der Waals surface area contributed by atoms with Crippen LogP contribution in [0.4, 0.5) is 4.79 Å². The van der Waals surface area contributed by atoms with Crippen molar-refractivity contribution in [1.82, 2.24) is 19.3 Å². The van der Waals surface area contributed by atoms with E-state index in [9.17, 15) is 24.6 Å². The quantitative estimate of drug-likeness (QED) is 0.507. The van der Waals surface area contributed by atoms with Crippen LogP contribution in [0.25, 0.3) is 5.69 Å². The molecule has 2 N–H and O–H groups in total. The van der Waals surface area contributed by atoms with Gasteiger partial charge in [0.05, 0.1) is 19.8 Å². The van der Waals surface area contributed by atoms with Crippen LogP contribution < -0.4 is 4.74 Å². The SMILES string of the molecule is CCOC(=O)c1c(O)c(C2CC(N3CCCCC3)CCN2C(=O)O)c(C(=O)N(C)C)n1-c1ccc(OC)cc1. The third-order valence-corrected chi connectivity index (χ3v) is 7.65. The molecule has 0 aliphatic carbocycles. The van der Waals surface area contributed by atoms with E-state index in [4.69, 9.17) is 9.47 Å². The number of nitrogens with zero attached hydrogens (tertiary/aromatic N) is 4. The number of methoxy groups -OCH3 is 1. The number of likely N-dealkylation sites (tertiary alicyclic amines) is 2. The number of ether oxygens (including phenoxy) is 2. The molecule has 0 saturated carbocycles. The fourth-order valence-electron chi connectivity index (χ4n) is 5.76. The Morgan fingerprint density at radius 3 is 2.26 bits per heavy atom. The first kappa shape index (κ1) is 28.3. The molecule has 2 aromatic rings. The first-order chi connectivity index (χ1) is 18.7. The Balaban J connectivity index is 1.96. The standard InChI is InChI=1S/C28H38N4O7/c1-5-39-27(35)24-25(33)22(21-17-19(13-16-31(21)28(36)37)30-14-7-6-8-15-30)23(26(34)29(2)3)32(24)18-9-11-20(38-4)12-10-18/h9-12,19,21,33H,5-8,13-17H2,1-4H3,(H,36,37). The predicted molar refractivity (Wildman–Crippen MR) is 144 cm³/mol. The second kappa shape index (κ2) is 12.0. The predicted octanol–water partition coefficient (Wildman–Crippen LogP) is 3.74. The molecule has 4 rings (SSSR count). The molecule has 2 fully saturated rings. The molecule has 3 heterocycles. The summed E-state index contributed by atoms with van der Waals surface area (Å²) < 4.78 is 11.9. The third-order valence-electron chi connectivity index (χ3n) is 7.65. The molecule has 2 aliphatic rings. The number of amides is 2. The van der Waals surface area contributed by atoms with E-state index >= 15 is 0 Å². The molecule has 0 radical (unpaired) electrons. The van der Waals surface area contributed by atoms with Gasteiger partial charge in [-0.25, -0.2) is 9.59 Å². The Morgan fingerprint density at radius 2 is 1.69 bits per heavy atom. The molecule has 1 aromatic heterocycles. The number of carbonyl (C=O) groups is 3. The van der Waals surface area contributed by atoms with Crippen molar-refractivity contribution in [2.24, 2.45) is 0 Å². The van der Waals surface area contributed by atoms with Crippen LogP contribution in [0.5, 0.6) is 11.5 Å². The normalized spacial score (nSPS) is 19.9. The van der Waals surface area contributed by atoms with Crippen molar-refractivity contribution in [3.8, 4) is 17.2 Å². The molecule has 2 aliphatic heterocycles. The molecule has 212 valence electrons. The summed E-state index contributed by atoms with van der Waals surface area (Å²) in [4.78, 5) is 44.5. The van der Waals surface area contributed by atoms with Crippen molar-refractivity contribution >= 4 is 18.0 Å². The zero-order valence-electron chi connectivity index (χ0n) is 23.1. The van der Waals surface area contributed by atoms with Crippen molar-refractivity contribution in [2.75, 3.05) is 47.4 Å². The van der Waals surface area contributed by atoms with Crippen LogP contribution in [0.3, 0.4) is 0 Å². The van der Waals surface area contributed by atoms with Gasteiger partial charge in [-0.2, -0.15) is 0 Å². The largest absolute Gasteiger partial charge is 0.505 e. The Hall–Kier alpha value is -3.73. The van der Waals surface area contributed by atoms with Crippen molar-refractivity contribution < 1.29 is 34.1 Å². The zero-order valence-corrected chi connectivity index (χ0v) is 23.1. The lowest BCUT2D eigenvalue weighted by Gasteiger charge is -2.43. The van der Waals surface area contributed by atoms with E-state index in [2.05, 4.69) is 4.90 Å². The van der Waals surface area contributed by atoms with Gasteiger partial charge in [-0.15, -0.1) is 0 Å². The second-order valence-corrected chi connectivity index (χ2v) is 10.2. The van der Waals surface area contributed by atoms with Crippen molar-refractivity contribution in [3.63, 3.8) is 0 Å². The number of aromatic nitrogens is 1. The summed E-state index contributed by atoms with van der Waals surface area (Å²) in [7, 11) is 4.68. The average molecular weight is 543 g/mol. The van der Waals surface area contributed by atoms with Crippen molar-refractivity contribution in [2.45, 2.75) is 51.1 Å². The van der Waals surface area contributed by atoms with Gasteiger partial charge in [0.15, 0.2) is 11.4 Å². The minimum absolute atomic E-state index is 0.0289. The molecule has 11 heteroatoms. The highest BCUT2D eigenvalue weighted by Gasteiger charge is 2.43. The van der Waals surface area contributed by atoms with E-state index in [1.54, 1.807) is 45.3 Å². The van der Waals surface area contributed by atoms with Gasteiger partial charge < -0.3 is 34.4 Å². The molecule has 0 spiro atoms. The second-order valence-electron chi connectivity index (χ2n) is 10.2. The Kier molecular flexibility index (Phi) is 8.69. The van der Waals surface area contributed by atoms with Crippen LogP contribution >= 0.6 is 0 Å². The summed E-state index contributed by atoms with van der Waals surface area (Å²) in [6, 6.07) is 5.95. The van der Waals surface area contributed by atoms with Gasteiger partial charge in [0, 0.05) is 37.9 Å². The molecule has 2 unspecified atom stereocenters. The molecule has 11 nitrogen and oxygen atoms in total. The van der Waals surface area contributed by atoms with E-state index in [1.807, 2.05) is 0 Å². The maximum Gasteiger partial charge on any atom is 0.407 e. The number of piperidine rings is 2. The fourth-order valence-corrected chi connectivity index (χ4v) is 5.76. The first-order valence-corrected chi connectivity index (χ1v) is 13.4. The highest BCUT2D eigenvalue weighted by atomic mass is 16.5. The Bertz CT molecular complexity index is 1200. The number of rotatable bonds is 7. The summed E-state index contributed by atoms with van der Waals surface area (Å²) in [5, 5.41) is 21.8. The van der Waals surface area contributed by atoms with Crippen molar-refractivity contribution in [1.29, 1.82) is 0 Å². The van der Waals surface area contributed by atoms with Gasteiger partial charge in [0.1, 0.15) is 11.4 Å². The number of carboxylic acid groups (broad SMARTS) is 1. The molecule has 2 saturated heterocycles. The molecule has 0 bridgehead atoms. The summed E-state index contributed by atoms with van der Waals surface area (Å²) in [6.07, 6.45) is 3.24. The molecular weight excluding hydrogens is 504 g/mol. The number of esters is 1. The number of carbonyl (C=O) groups excluding carboxylic acids is 2. The summed E-state index contributed by atoms with van der Waals surface area (Å²) in [6.45, 7) is 3.82. The van der Waals surface area contributed by atoms with Gasteiger partial charge in [-0.3, -0.25) is 9.36 Å². The smallest absolute Gasteiger partial charge is 0.407 e. The van der Waals surface area contributed by atoms with E-state index in [-0.39, 0.29) is 36.1 Å².